The van der Waals surface area contributed by atoms with Crippen LogP contribution in [0.5, 0.6) is 5.75 Å². The van der Waals surface area contributed by atoms with E-state index < -0.39 is 26.6 Å². The van der Waals surface area contributed by atoms with Crippen molar-refractivity contribution in [2.45, 2.75) is 18.0 Å². The number of amides is 1. The number of nitrogens with zero attached hydrogens (tertiary/aromatic N) is 3. The largest absolute Gasteiger partial charge is 0.496 e. The molecule has 0 fully saturated rings. The van der Waals surface area contributed by atoms with Gasteiger partial charge in [-0.2, -0.15) is 5.10 Å². The highest BCUT2D eigenvalue weighted by Gasteiger charge is 2.24. The molecule has 10 nitrogen and oxygen atoms in total. The van der Waals surface area contributed by atoms with E-state index in [-0.39, 0.29) is 23.3 Å². The van der Waals surface area contributed by atoms with Gasteiger partial charge in [0, 0.05) is 6.20 Å². The second-order valence-corrected chi connectivity index (χ2v) is 8.72. The molecule has 2 heterocycles. The number of hydrogen-bond acceptors (Lipinski definition) is 7. The molecule has 0 aliphatic carbocycles. The van der Waals surface area contributed by atoms with Gasteiger partial charge in [-0.25, -0.2) is 12.8 Å². The number of sulfonamides is 1. The highest BCUT2D eigenvalue weighted by atomic mass is 32.2. The number of methoxy groups -OCH3 is 1. The summed E-state index contributed by atoms with van der Waals surface area (Å²) in [4.78, 5) is 10.7. The van der Waals surface area contributed by atoms with Gasteiger partial charge in [0.2, 0.25) is 0 Å². The molecule has 0 unspecified atom stereocenters. The smallest absolute Gasteiger partial charge is 0.295 e. The minimum atomic E-state index is -4.26. The zero-order valence-corrected chi connectivity index (χ0v) is 18.6. The van der Waals surface area contributed by atoms with E-state index in [9.17, 15) is 17.6 Å². The molecule has 2 aromatic heterocycles. The van der Waals surface area contributed by atoms with Crippen molar-refractivity contribution in [2.75, 3.05) is 11.8 Å². The van der Waals surface area contributed by atoms with Crippen LogP contribution in [-0.4, -0.2) is 36.4 Å². The Kier molecular flexibility index (Phi) is 6.20. The van der Waals surface area contributed by atoms with E-state index >= 15 is 0 Å². The van der Waals surface area contributed by atoms with Gasteiger partial charge in [0.1, 0.15) is 21.8 Å². The van der Waals surface area contributed by atoms with Crippen molar-refractivity contribution in [3.63, 3.8) is 0 Å². The number of aromatic nitrogens is 3. The first-order valence-corrected chi connectivity index (χ1v) is 11.3. The molecule has 0 bridgehead atoms. The molecular formula is C22H18FN5O5S. The first-order chi connectivity index (χ1) is 16.3. The molecule has 4 aromatic rings. The van der Waals surface area contributed by atoms with Gasteiger partial charge in [-0.1, -0.05) is 17.3 Å². The minimum Gasteiger partial charge on any atom is -0.496 e. The number of rotatable bonds is 8. The summed E-state index contributed by atoms with van der Waals surface area (Å²) in [5.41, 5.74) is 1.60. The topological polar surface area (TPSA) is 128 Å². The Balaban J connectivity index is 1.59. The molecule has 0 aliphatic heterocycles. The van der Waals surface area contributed by atoms with Crippen molar-refractivity contribution in [1.82, 2.24) is 20.3 Å². The predicted octanol–water partition coefficient (Wildman–Crippen LogP) is 2.27. The Bertz CT molecular complexity index is 1520. The molecule has 0 atom stereocenters. The van der Waals surface area contributed by atoms with Gasteiger partial charge in [0.15, 0.2) is 11.4 Å². The zero-order chi connectivity index (χ0) is 24.3. The van der Waals surface area contributed by atoms with E-state index in [2.05, 4.69) is 20.3 Å². The SMILES string of the molecule is C#CC(=O)NCc1ccn(Cc2cc(OC)c3c(NS(=O)(=O)c4ccccc4F)noc3c2)n1. The molecule has 0 spiro atoms. The Morgan fingerprint density at radius 3 is 2.82 bits per heavy atom. The van der Waals surface area contributed by atoms with Crippen LogP contribution in [0.4, 0.5) is 10.2 Å². The molecule has 12 heteroatoms. The molecule has 174 valence electrons. The maximum atomic E-state index is 14.0. The summed E-state index contributed by atoms with van der Waals surface area (Å²) in [5, 5.41) is 11.0. The number of carbonyl (C=O) groups excluding carboxylic acids is 1. The van der Waals surface area contributed by atoms with Crippen molar-refractivity contribution in [3.8, 4) is 18.1 Å². The van der Waals surface area contributed by atoms with Crippen molar-refractivity contribution in [2.24, 2.45) is 0 Å². The van der Waals surface area contributed by atoms with E-state index in [4.69, 9.17) is 15.7 Å². The first kappa shape index (κ1) is 22.8. The molecular weight excluding hydrogens is 465 g/mol. The summed E-state index contributed by atoms with van der Waals surface area (Å²) in [6, 6.07) is 10.1. The third-order valence-electron chi connectivity index (χ3n) is 4.78. The molecule has 2 aromatic carbocycles. The van der Waals surface area contributed by atoms with Crippen LogP contribution in [-0.2, 0) is 27.9 Å². The van der Waals surface area contributed by atoms with Gasteiger partial charge >= 0.3 is 0 Å². The van der Waals surface area contributed by atoms with E-state index in [0.29, 0.717) is 18.0 Å². The molecule has 4 rings (SSSR count). The van der Waals surface area contributed by atoms with Crippen LogP contribution < -0.4 is 14.8 Å². The first-order valence-electron chi connectivity index (χ1n) is 9.81. The Morgan fingerprint density at radius 2 is 2.09 bits per heavy atom. The van der Waals surface area contributed by atoms with E-state index in [1.807, 2.05) is 5.92 Å². The molecule has 1 amide bonds. The number of nitrogens with one attached hydrogen (secondary N) is 2. The number of terminal acetylenes is 1. The van der Waals surface area contributed by atoms with Crippen LogP contribution in [0.3, 0.4) is 0 Å². The van der Waals surface area contributed by atoms with Crippen molar-refractivity contribution in [1.29, 1.82) is 0 Å². The molecule has 34 heavy (non-hydrogen) atoms. The summed E-state index contributed by atoms with van der Waals surface area (Å²) in [5.74, 6) is 0.706. The lowest BCUT2D eigenvalue weighted by atomic mass is 10.1. The average Bonchev–Trinajstić information content (AvgIpc) is 3.43. The van der Waals surface area contributed by atoms with Crippen LogP contribution in [0.1, 0.15) is 11.3 Å². The van der Waals surface area contributed by atoms with Gasteiger partial charge < -0.3 is 14.6 Å². The second-order valence-electron chi connectivity index (χ2n) is 7.07. The Hall–Kier alpha value is -4.37. The summed E-state index contributed by atoms with van der Waals surface area (Å²) in [6.45, 7) is 0.512. The van der Waals surface area contributed by atoms with Gasteiger partial charge in [-0.15, -0.1) is 6.42 Å². The predicted molar refractivity (Wildman–Crippen MR) is 120 cm³/mol. The lowest BCUT2D eigenvalue weighted by Gasteiger charge is -2.09. The fourth-order valence-corrected chi connectivity index (χ4v) is 4.34. The monoisotopic (exact) mass is 483 g/mol. The number of hydrogen-bond donors (Lipinski definition) is 2. The third-order valence-corrected chi connectivity index (χ3v) is 6.15. The summed E-state index contributed by atoms with van der Waals surface area (Å²) < 4.78 is 54.0. The number of fused-ring (bicyclic) bond motifs is 1. The quantitative estimate of drug-likeness (QED) is 0.368. The number of halogens is 1. The van der Waals surface area contributed by atoms with Crippen LogP contribution in [0.2, 0.25) is 0 Å². The van der Waals surface area contributed by atoms with Gasteiger partial charge in [0.25, 0.3) is 15.9 Å². The van der Waals surface area contributed by atoms with Crippen LogP contribution in [0.25, 0.3) is 11.0 Å². The number of carbonyl (C=O) groups is 1. The van der Waals surface area contributed by atoms with E-state index in [1.165, 1.54) is 19.2 Å². The molecule has 0 aliphatic rings. The van der Waals surface area contributed by atoms with E-state index in [0.717, 1.165) is 17.7 Å². The number of benzene rings is 2. The number of anilines is 1. The van der Waals surface area contributed by atoms with Gasteiger partial charge in [-0.3, -0.25) is 14.2 Å². The summed E-state index contributed by atoms with van der Waals surface area (Å²) >= 11 is 0. The Morgan fingerprint density at radius 1 is 1.29 bits per heavy atom. The normalized spacial score (nSPS) is 11.2. The molecule has 0 saturated heterocycles. The highest BCUT2D eigenvalue weighted by molar-refractivity contribution is 7.92. The maximum absolute atomic E-state index is 14.0. The van der Waals surface area contributed by atoms with Crippen molar-refractivity contribution in [3.05, 3.63) is 65.7 Å². The maximum Gasteiger partial charge on any atom is 0.295 e. The lowest BCUT2D eigenvalue weighted by molar-refractivity contribution is -0.115. The van der Waals surface area contributed by atoms with Gasteiger partial charge in [0.05, 0.1) is 25.9 Å². The molecule has 2 N–H and O–H groups in total. The van der Waals surface area contributed by atoms with Crippen LogP contribution >= 0.6 is 0 Å². The highest BCUT2D eigenvalue weighted by Crippen LogP contribution is 2.35. The van der Waals surface area contributed by atoms with Crippen LogP contribution in [0, 0.1) is 18.2 Å². The average molecular weight is 483 g/mol. The standard InChI is InChI=1S/C22H18FN5O5S/c1-3-20(29)24-12-15-8-9-28(25-15)13-14-10-17(32-2)21-18(11-14)33-26-22(21)27-34(30,31)19-7-5-4-6-16(19)23/h1,4-11H,12-13H2,2H3,(H,24,29)(H,26,27). The molecule has 0 radical (unpaired) electrons. The van der Waals surface area contributed by atoms with E-state index in [1.54, 1.807) is 29.1 Å². The molecule has 0 saturated carbocycles. The van der Waals surface area contributed by atoms with Crippen LogP contribution in [0.15, 0.2) is 58.1 Å². The summed E-state index contributed by atoms with van der Waals surface area (Å²) in [7, 11) is -2.84. The fourth-order valence-electron chi connectivity index (χ4n) is 3.25. The lowest BCUT2D eigenvalue weighted by Crippen LogP contribution is -2.20. The number of ether oxygens (including phenoxy) is 1. The van der Waals surface area contributed by atoms with Crippen molar-refractivity contribution < 1.29 is 26.9 Å². The second kappa shape index (κ2) is 9.24. The van der Waals surface area contributed by atoms with Crippen molar-refractivity contribution >= 4 is 32.7 Å². The minimum absolute atomic E-state index is 0.132. The fraction of sp³-hybridized carbons (Fsp3) is 0.136. The summed E-state index contributed by atoms with van der Waals surface area (Å²) in [6.07, 6.45) is 6.74. The third kappa shape index (κ3) is 4.69. The van der Waals surface area contributed by atoms with Gasteiger partial charge in [-0.05, 0) is 41.8 Å². The zero-order valence-electron chi connectivity index (χ0n) is 17.8. The Labute approximate surface area is 193 Å².